The van der Waals surface area contributed by atoms with Crippen molar-refractivity contribution in [3.05, 3.63) is 0 Å². The minimum Gasteiger partial charge on any atom is -0.330 e. The van der Waals surface area contributed by atoms with Crippen LogP contribution < -0.4 is 10.5 Å². The molecule has 0 bridgehead atoms. The summed E-state index contributed by atoms with van der Waals surface area (Å²) in [5, 5.41) is 0. The Labute approximate surface area is 84.8 Å². The lowest BCUT2D eigenvalue weighted by molar-refractivity contribution is 0.577. The number of nitrogens with one attached hydrogen (secondary N) is 1. The smallest absolute Gasteiger partial charge is 0.212 e. The van der Waals surface area contributed by atoms with E-state index in [1.165, 1.54) is 0 Å². The van der Waals surface area contributed by atoms with Gasteiger partial charge in [0.2, 0.25) is 10.0 Å². The molecule has 0 rings (SSSR count). The molecular formula is C6H16N2O4S2. The minimum absolute atomic E-state index is 0.253. The summed E-state index contributed by atoms with van der Waals surface area (Å²) in [4.78, 5) is 0. The van der Waals surface area contributed by atoms with E-state index >= 15 is 0 Å². The quantitative estimate of drug-likeness (QED) is 0.519. The Kier molecular flexibility index (Phi) is 5.57. The molecule has 0 heterocycles. The van der Waals surface area contributed by atoms with Crippen LogP contribution in [0.2, 0.25) is 0 Å². The molecule has 0 saturated heterocycles. The molecule has 0 aromatic carbocycles. The largest absolute Gasteiger partial charge is 0.330 e. The summed E-state index contributed by atoms with van der Waals surface area (Å²) in [6, 6.07) is 0. The van der Waals surface area contributed by atoms with Crippen LogP contribution in [0.1, 0.15) is 6.42 Å². The van der Waals surface area contributed by atoms with Gasteiger partial charge in [0.25, 0.3) is 0 Å². The van der Waals surface area contributed by atoms with Crippen molar-refractivity contribution in [2.75, 3.05) is 30.9 Å². The molecule has 14 heavy (non-hydrogen) atoms. The van der Waals surface area contributed by atoms with Crippen molar-refractivity contribution in [3.63, 3.8) is 0 Å². The van der Waals surface area contributed by atoms with E-state index in [2.05, 4.69) is 4.72 Å². The summed E-state index contributed by atoms with van der Waals surface area (Å²) in [6.45, 7) is 0.650. The topological polar surface area (TPSA) is 106 Å². The van der Waals surface area contributed by atoms with Crippen molar-refractivity contribution < 1.29 is 16.8 Å². The molecule has 0 aliphatic rings. The van der Waals surface area contributed by atoms with E-state index in [4.69, 9.17) is 5.73 Å². The van der Waals surface area contributed by atoms with Gasteiger partial charge in [0.05, 0.1) is 11.5 Å². The van der Waals surface area contributed by atoms with Gasteiger partial charge in [-0.2, -0.15) is 0 Å². The van der Waals surface area contributed by atoms with Crippen LogP contribution in [-0.2, 0) is 19.9 Å². The number of nitrogens with two attached hydrogens (primary N) is 1. The SMILES string of the molecule is CS(=O)(=O)CCS(=O)(=O)NCCCN. The van der Waals surface area contributed by atoms with Crippen molar-refractivity contribution in [2.24, 2.45) is 5.73 Å². The zero-order valence-corrected chi connectivity index (χ0v) is 9.70. The molecule has 0 saturated carbocycles. The normalized spacial score (nSPS) is 13.0. The number of sulfonamides is 1. The van der Waals surface area contributed by atoms with E-state index in [9.17, 15) is 16.8 Å². The highest BCUT2D eigenvalue weighted by atomic mass is 32.2. The highest BCUT2D eigenvalue weighted by molar-refractivity contribution is 7.93. The van der Waals surface area contributed by atoms with Crippen LogP contribution in [0.5, 0.6) is 0 Å². The zero-order chi connectivity index (χ0) is 11.2. The van der Waals surface area contributed by atoms with Gasteiger partial charge in [-0.25, -0.2) is 21.6 Å². The van der Waals surface area contributed by atoms with Gasteiger partial charge in [0, 0.05) is 12.8 Å². The predicted molar refractivity (Wildman–Crippen MR) is 55.2 cm³/mol. The molecule has 86 valence electrons. The van der Waals surface area contributed by atoms with Crippen molar-refractivity contribution >= 4 is 19.9 Å². The molecule has 0 amide bonds. The van der Waals surface area contributed by atoms with Gasteiger partial charge >= 0.3 is 0 Å². The van der Waals surface area contributed by atoms with Crippen molar-refractivity contribution in [2.45, 2.75) is 6.42 Å². The standard InChI is InChI=1S/C6H16N2O4S2/c1-13(9,10)5-6-14(11,12)8-4-2-3-7/h8H,2-7H2,1H3. The van der Waals surface area contributed by atoms with Crippen molar-refractivity contribution in [3.8, 4) is 0 Å². The second-order valence-electron chi connectivity index (χ2n) is 2.99. The maximum Gasteiger partial charge on any atom is 0.212 e. The third-order valence-electron chi connectivity index (χ3n) is 1.43. The first-order chi connectivity index (χ1) is 6.27. The number of hydrogen-bond donors (Lipinski definition) is 2. The summed E-state index contributed by atoms with van der Waals surface area (Å²) in [6.07, 6.45) is 1.54. The van der Waals surface area contributed by atoms with E-state index in [1.807, 2.05) is 0 Å². The highest BCUT2D eigenvalue weighted by Gasteiger charge is 2.13. The Morgan fingerprint density at radius 1 is 1.14 bits per heavy atom. The van der Waals surface area contributed by atoms with Crippen LogP contribution in [0, 0.1) is 0 Å². The van der Waals surface area contributed by atoms with Gasteiger partial charge < -0.3 is 5.73 Å². The third kappa shape index (κ3) is 8.42. The van der Waals surface area contributed by atoms with Crippen LogP contribution in [0.3, 0.4) is 0 Å². The summed E-state index contributed by atoms with van der Waals surface area (Å²) >= 11 is 0. The van der Waals surface area contributed by atoms with Crippen LogP contribution in [0.4, 0.5) is 0 Å². The van der Waals surface area contributed by atoms with Crippen LogP contribution in [0.15, 0.2) is 0 Å². The monoisotopic (exact) mass is 244 g/mol. The second kappa shape index (κ2) is 5.64. The average Bonchev–Trinajstić information content (AvgIpc) is 2.00. The molecule has 0 unspecified atom stereocenters. The van der Waals surface area contributed by atoms with E-state index < -0.39 is 25.6 Å². The summed E-state index contributed by atoms with van der Waals surface area (Å²) in [5.41, 5.74) is 5.17. The molecule has 0 aromatic heterocycles. The Bertz CT molecular complexity index is 346. The van der Waals surface area contributed by atoms with Gasteiger partial charge in [-0.3, -0.25) is 0 Å². The van der Waals surface area contributed by atoms with Crippen LogP contribution in [0.25, 0.3) is 0 Å². The van der Waals surface area contributed by atoms with E-state index in [1.54, 1.807) is 0 Å². The Morgan fingerprint density at radius 3 is 2.14 bits per heavy atom. The predicted octanol–water partition coefficient (Wildman–Crippen LogP) is -1.70. The lowest BCUT2D eigenvalue weighted by atomic mass is 10.4. The fourth-order valence-electron chi connectivity index (χ4n) is 0.663. The lowest BCUT2D eigenvalue weighted by Crippen LogP contribution is -2.31. The fraction of sp³-hybridized carbons (Fsp3) is 1.00. The van der Waals surface area contributed by atoms with E-state index in [0.29, 0.717) is 13.0 Å². The Hall–Kier alpha value is -0.180. The molecular weight excluding hydrogens is 228 g/mol. The molecule has 0 aliphatic heterocycles. The maximum atomic E-state index is 11.1. The summed E-state index contributed by atoms with van der Waals surface area (Å²) in [5.74, 6) is -0.749. The van der Waals surface area contributed by atoms with Crippen LogP contribution >= 0.6 is 0 Å². The first-order valence-corrected chi connectivity index (χ1v) is 7.83. The Morgan fingerprint density at radius 2 is 1.71 bits per heavy atom. The molecule has 0 atom stereocenters. The molecule has 0 aromatic rings. The zero-order valence-electron chi connectivity index (χ0n) is 8.06. The lowest BCUT2D eigenvalue weighted by Gasteiger charge is -2.04. The average molecular weight is 244 g/mol. The molecule has 6 nitrogen and oxygen atoms in total. The van der Waals surface area contributed by atoms with Gasteiger partial charge in [0.1, 0.15) is 9.84 Å². The van der Waals surface area contributed by atoms with E-state index in [-0.39, 0.29) is 12.3 Å². The number of hydrogen-bond acceptors (Lipinski definition) is 5. The van der Waals surface area contributed by atoms with Gasteiger partial charge in [-0.15, -0.1) is 0 Å². The van der Waals surface area contributed by atoms with Gasteiger partial charge in [-0.1, -0.05) is 0 Å². The summed E-state index contributed by atoms with van der Waals surface area (Å²) in [7, 11) is -6.70. The molecule has 0 fully saturated rings. The Balaban J connectivity index is 3.97. The van der Waals surface area contributed by atoms with Crippen molar-refractivity contribution in [1.82, 2.24) is 4.72 Å². The maximum absolute atomic E-state index is 11.1. The molecule has 0 spiro atoms. The van der Waals surface area contributed by atoms with Gasteiger partial charge in [0.15, 0.2) is 0 Å². The summed E-state index contributed by atoms with van der Waals surface area (Å²) < 4.78 is 45.9. The highest BCUT2D eigenvalue weighted by Crippen LogP contribution is 1.89. The van der Waals surface area contributed by atoms with Gasteiger partial charge in [-0.05, 0) is 13.0 Å². The first kappa shape index (κ1) is 13.8. The minimum atomic E-state index is -3.47. The molecule has 0 aliphatic carbocycles. The third-order valence-corrected chi connectivity index (χ3v) is 4.02. The molecule has 8 heteroatoms. The first-order valence-electron chi connectivity index (χ1n) is 4.12. The van der Waals surface area contributed by atoms with Crippen molar-refractivity contribution in [1.29, 1.82) is 0 Å². The fourth-order valence-corrected chi connectivity index (χ4v) is 3.35. The van der Waals surface area contributed by atoms with E-state index in [0.717, 1.165) is 6.26 Å². The molecule has 0 radical (unpaired) electrons. The molecule has 3 N–H and O–H groups in total. The second-order valence-corrected chi connectivity index (χ2v) is 7.17. The van der Waals surface area contributed by atoms with Crippen LogP contribution in [-0.4, -0.2) is 47.7 Å². The number of sulfone groups is 1. The number of rotatable bonds is 7.